The fraction of sp³-hybridized carbons (Fsp3) is 0.200. The molecule has 0 aliphatic carbocycles. The molecule has 0 amide bonds. The van der Waals surface area contributed by atoms with E-state index in [0.29, 0.717) is 18.1 Å². The second-order valence-electron chi connectivity index (χ2n) is 4.51. The molecule has 6 heteroatoms. The number of phosphoric acid groups is 1. The van der Waals surface area contributed by atoms with Crippen molar-refractivity contribution in [3.05, 3.63) is 60.7 Å². The monoisotopic (exact) mass is 306 g/mol. The quantitative estimate of drug-likeness (QED) is 0.577. The summed E-state index contributed by atoms with van der Waals surface area (Å²) >= 11 is 0. The van der Waals surface area contributed by atoms with Crippen LogP contribution in [0, 0.1) is 0 Å². The molecule has 2 aromatic rings. The van der Waals surface area contributed by atoms with Crippen molar-refractivity contribution >= 4 is 7.82 Å². The van der Waals surface area contributed by atoms with Crippen LogP contribution in [0.5, 0.6) is 11.5 Å². The van der Waals surface area contributed by atoms with E-state index in [1.165, 1.54) is 0 Å². The van der Waals surface area contributed by atoms with Gasteiger partial charge in [-0.2, -0.15) is 0 Å². The highest BCUT2D eigenvalue weighted by Gasteiger charge is 2.35. The fourth-order valence-corrected chi connectivity index (χ4v) is 2.88. The minimum atomic E-state index is -3.76. The minimum Gasteiger partial charge on any atom is -0.395 e. The van der Waals surface area contributed by atoms with Crippen molar-refractivity contribution in [2.75, 3.05) is 13.2 Å². The van der Waals surface area contributed by atoms with Crippen molar-refractivity contribution in [1.82, 2.24) is 0 Å². The maximum Gasteiger partial charge on any atom is 0.587 e. The molecule has 1 unspecified atom stereocenters. The Hall–Kier alpha value is -1.81. The molecule has 0 bridgehead atoms. The number of para-hydroxylation sites is 2. The Labute approximate surface area is 123 Å². The molecule has 0 aromatic heterocycles. The first kappa shape index (κ1) is 14.1. The largest absolute Gasteiger partial charge is 0.587 e. The highest BCUT2D eigenvalue weighted by molar-refractivity contribution is 7.49. The zero-order chi connectivity index (χ0) is 14.5. The lowest BCUT2D eigenvalue weighted by Gasteiger charge is -2.18. The van der Waals surface area contributed by atoms with Crippen LogP contribution >= 0.6 is 7.82 Å². The molecule has 0 radical (unpaired) electrons. The molecule has 110 valence electrons. The maximum atomic E-state index is 12.8. The lowest BCUT2D eigenvalue weighted by atomic mass is 10.3. The first-order valence-electron chi connectivity index (χ1n) is 6.59. The lowest BCUT2D eigenvalue weighted by molar-refractivity contribution is 0.190. The maximum absolute atomic E-state index is 12.8. The Morgan fingerprint density at radius 3 is 1.86 bits per heavy atom. The summed E-state index contributed by atoms with van der Waals surface area (Å²) < 4.78 is 34.0. The summed E-state index contributed by atoms with van der Waals surface area (Å²) in [4.78, 5) is 0. The van der Waals surface area contributed by atoms with Crippen LogP contribution in [0.25, 0.3) is 0 Å². The molecule has 1 aliphatic heterocycles. The van der Waals surface area contributed by atoms with Crippen molar-refractivity contribution in [1.29, 1.82) is 0 Å². The molecule has 0 N–H and O–H groups in total. The molecule has 2 aromatic carbocycles. The molecule has 0 saturated carbocycles. The van der Waals surface area contributed by atoms with Gasteiger partial charge < -0.3 is 13.8 Å². The van der Waals surface area contributed by atoms with E-state index in [1.54, 1.807) is 48.5 Å². The average molecular weight is 306 g/mol. The third kappa shape index (κ3) is 4.33. The fourth-order valence-electron chi connectivity index (χ4n) is 1.63. The Morgan fingerprint density at radius 1 is 0.952 bits per heavy atom. The van der Waals surface area contributed by atoms with Gasteiger partial charge in [0, 0.05) is 0 Å². The summed E-state index contributed by atoms with van der Waals surface area (Å²) in [5.41, 5.74) is 0. The van der Waals surface area contributed by atoms with Gasteiger partial charge in [-0.25, -0.2) is 4.57 Å². The molecule has 1 saturated heterocycles. The molecular formula is C15H15O5P. The second kappa shape index (κ2) is 6.31. The third-order valence-electron chi connectivity index (χ3n) is 2.74. The molecule has 1 aliphatic rings. The second-order valence-corrected chi connectivity index (χ2v) is 6.02. The van der Waals surface area contributed by atoms with Crippen molar-refractivity contribution in [2.24, 2.45) is 0 Å². The zero-order valence-electron chi connectivity index (χ0n) is 11.3. The predicted octanol–water partition coefficient (Wildman–Crippen LogP) is 3.67. The predicted molar refractivity (Wildman–Crippen MR) is 77.4 cm³/mol. The summed E-state index contributed by atoms with van der Waals surface area (Å²) in [5.74, 6) is 0.849. The molecular weight excluding hydrogens is 291 g/mol. The van der Waals surface area contributed by atoms with Crippen LogP contribution in [0.15, 0.2) is 60.7 Å². The van der Waals surface area contributed by atoms with Crippen LogP contribution < -0.4 is 9.05 Å². The van der Waals surface area contributed by atoms with Gasteiger partial charge in [0.1, 0.15) is 17.6 Å². The number of phosphoric ester groups is 1. The van der Waals surface area contributed by atoms with Gasteiger partial charge >= 0.3 is 7.82 Å². The molecule has 1 fully saturated rings. The molecule has 3 rings (SSSR count). The molecule has 5 nitrogen and oxygen atoms in total. The summed E-state index contributed by atoms with van der Waals surface area (Å²) in [7, 11) is -3.76. The average Bonchev–Trinajstić information content (AvgIpc) is 3.31. The first-order chi connectivity index (χ1) is 10.2. The Balaban J connectivity index is 1.74. The van der Waals surface area contributed by atoms with Crippen LogP contribution in [-0.4, -0.2) is 19.3 Å². The molecule has 21 heavy (non-hydrogen) atoms. The summed E-state index contributed by atoms with van der Waals surface area (Å²) in [5, 5.41) is 0. The van der Waals surface area contributed by atoms with Gasteiger partial charge in [0.05, 0.1) is 13.2 Å². The lowest BCUT2D eigenvalue weighted by Crippen LogP contribution is -2.08. The number of hydrogen-bond acceptors (Lipinski definition) is 5. The standard InChI is InChI=1S/C15H15O5P/c16-21(18-12-15-11-17-15,19-13-7-3-1-4-8-13)20-14-9-5-2-6-10-14/h1-10,15H,11-12H2. The van der Waals surface area contributed by atoms with Gasteiger partial charge in [-0.15, -0.1) is 0 Å². The van der Waals surface area contributed by atoms with Gasteiger partial charge in [-0.3, -0.25) is 4.52 Å². The van der Waals surface area contributed by atoms with Crippen molar-refractivity contribution in [2.45, 2.75) is 6.10 Å². The van der Waals surface area contributed by atoms with Crippen LogP contribution in [0.1, 0.15) is 0 Å². The number of hydrogen-bond donors (Lipinski definition) is 0. The third-order valence-corrected chi connectivity index (χ3v) is 4.08. The minimum absolute atomic E-state index is 0.0305. The van der Waals surface area contributed by atoms with Gasteiger partial charge in [0.15, 0.2) is 0 Å². The van der Waals surface area contributed by atoms with Crippen molar-refractivity contribution < 1.29 is 22.9 Å². The van der Waals surface area contributed by atoms with E-state index in [2.05, 4.69) is 0 Å². The van der Waals surface area contributed by atoms with E-state index < -0.39 is 7.82 Å². The highest BCUT2D eigenvalue weighted by Crippen LogP contribution is 2.49. The number of ether oxygens (including phenoxy) is 1. The molecule has 1 atom stereocenters. The smallest absolute Gasteiger partial charge is 0.395 e. The van der Waals surface area contributed by atoms with Crippen LogP contribution in [0.2, 0.25) is 0 Å². The van der Waals surface area contributed by atoms with Crippen LogP contribution in [0.4, 0.5) is 0 Å². The Morgan fingerprint density at radius 2 is 1.43 bits per heavy atom. The number of benzene rings is 2. The van der Waals surface area contributed by atoms with E-state index in [0.717, 1.165) is 0 Å². The van der Waals surface area contributed by atoms with Gasteiger partial charge in [0.2, 0.25) is 0 Å². The molecule has 0 spiro atoms. The summed E-state index contributed by atoms with van der Waals surface area (Å²) in [6, 6.07) is 17.6. The van der Waals surface area contributed by atoms with E-state index in [4.69, 9.17) is 18.3 Å². The SMILES string of the molecule is O=P(OCC1CO1)(Oc1ccccc1)Oc1ccccc1. The van der Waals surface area contributed by atoms with Gasteiger partial charge in [-0.05, 0) is 24.3 Å². The topological polar surface area (TPSA) is 57.3 Å². The first-order valence-corrected chi connectivity index (χ1v) is 8.05. The zero-order valence-corrected chi connectivity index (χ0v) is 12.1. The normalized spacial score (nSPS) is 17.2. The van der Waals surface area contributed by atoms with E-state index in [9.17, 15) is 4.57 Å². The van der Waals surface area contributed by atoms with Crippen LogP contribution in [-0.2, 0) is 13.8 Å². The van der Waals surface area contributed by atoms with E-state index in [1.807, 2.05) is 12.1 Å². The van der Waals surface area contributed by atoms with Gasteiger partial charge in [0.25, 0.3) is 0 Å². The Bertz CT molecular complexity index is 567. The Kier molecular flexibility index (Phi) is 4.25. The van der Waals surface area contributed by atoms with Crippen LogP contribution in [0.3, 0.4) is 0 Å². The van der Waals surface area contributed by atoms with Crippen molar-refractivity contribution in [3.8, 4) is 11.5 Å². The number of epoxide rings is 1. The summed E-state index contributed by atoms with van der Waals surface area (Å²) in [6.07, 6.45) is -0.0305. The van der Waals surface area contributed by atoms with E-state index in [-0.39, 0.29) is 12.7 Å². The summed E-state index contributed by atoms with van der Waals surface area (Å²) in [6.45, 7) is 0.785. The number of rotatable bonds is 7. The van der Waals surface area contributed by atoms with Gasteiger partial charge in [-0.1, -0.05) is 36.4 Å². The highest BCUT2D eigenvalue weighted by atomic mass is 31.2. The van der Waals surface area contributed by atoms with E-state index >= 15 is 0 Å². The van der Waals surface area contributed by atoms with Crippen molar-refractivity contribution in [3.63, 3.8) is 0 Å². The molecule has 1 heterocycles.